The summed E-state index contributed by atoms with van der Waals surface area (Å²) in [6.45, 7) is 1.80. The third-order valence-corrected chi connectivity index (χ3v) is 4.54. The molecule has 4 nitrogen and oxygen atoms in total. The Kier molecular flexibility index (Phi) is 4.67. The number of halogens is 1. The van der Waals surface area contributed by atoms with Crippen molar-refractivity contribution in [3.63, 3.8) is 0 Å². The van der Waals surface area contributed by atoms with Gasteiger partial charge in [-0.15, -0.1) is 11.3 Å². The quantitative estimate of drug-likeness (QED) is 0.859. The van der Waals surface area contributed by atoms with Gasteiger partial charge in [-0.05, 0) is 18.9 Å². The first-order chi connectivity index (χ1) is 9.97. The number of methoxy groups -OCH3 is 2. The molecule has 0 fully saturated rings. The highest BCUT2D eigenvalue weighted by Crippen LogP contribution is 2.39. The third-order valence-electron chi connectivity index (χ3n) is 3.40. The maximum Gasteiger partial charge on any atom is 0.308 e. The molecule has 114 valence electrons. The first kappa shape index (κ1) is 15.6. The van der Waals surface area contributed by atoms with Crippen molar-refractivity contribution < 1.29 is 23.8 Å². The number of rotatable bonds is 5. The van der Waals surface area contributed by atoms with Crippen LogP contribution in [0.1, 0.15) is 18.2 Å². The summed E-state index contributed by atoms with van der Waals surface area (Å²) in [4.78, 5) is 12.3. The van der Waals surface area contributed by atoms with E-state index in [9.17, 15) is 14.3 Å². The number of hydrogen-bond acceptors (Lipinski definition) is 5. The highest BCUT2D eigenvalue weighted by Gasteiger charge is 2.17. The molecule has 0 aliphatic carbocycles. The number of carbonyl (C=O) groups excluding carboxylic acids is 1. The van der Waals surface area contributed by atoms with Crippen LogP contribution < -0.4 is 4.74 Å². The van der Waals surface area contributed by atoms with Crippen LogP contribution in [0.4, 0.5) is 4.39 Å². The van der Waals surface area contributed by atoms with Gasteiger partial charge in [-0.2, -0.15) is 0 Å². The molecule has 0 saturated heterocycles. The highest BCUT2D eigenvalue weighted by molar-refractivity contribution is 7.19. The average molecular weight is 312 g/mol. The number of aromatic hydroxyl groups is 1. The summed E-state index contributed by atoms with van der Waals surface area (Å²) < 4.78 is 24.4. The minimum Gasteiger partial charge on any atom is -0.502 e. The number of thiophene rings is 1. The van der Waals surface area contributed by atoms with Gasteiger partial charge < -0.3 is 14.6 Å². The predicted molar refractivity (Wildman–Crippen MR) is 79.5 cm³/mol. The van der Waals surface area contributed by atoms with Gasteiger partial charge >= 0.3 is 5.97 Å². The summed E-state index contributed by atoms with van der Waals surface area (Å²) >= 11 is 1.43. The second-order valence-corrected chi connectivity index (χ2v) is 6.00. The van der Waals surface area contributed by atoms with E-state index in [0.29, 0.717) is 22.9 Å². The molecule has 21 heavy (non-hydrogen) atoms. The van der Waals surface area contributed by atoms with Crippen LogP contribution in [-0.4, -0.2) is 25.3 Å². The van der Waals surface area contributed by atoms with Crippen LogP contribution in [0, 0.1) is 11.7 Å². The molecule has 0 amide bonds. The van der Waals surface area contributed by atoms with Crippen LogP contribution in [0.15, 0.2) is 12.1 Å². The number of ether oxygens (including phenoxy) is 2. The van der Waals surface area contributed by atoms with Crippen molar-refractivity contribution in [3.8, 4) is 11.5 Å². The number of carbonyl (C=O) groups is 1. The minimum absolute atomic E-state index is 0.122. The molecule has 2 aromatic rings. The fraction of sp³-hybridized carbons (Fsp3) is 0.400. The SMILES string of the molecule is COC(=O)C(C)CCc1cc2c(F)c(O)c(OC)cc2s1. The van der Waals surface area contributed by atoms with Crippen molar-refractivity contribution in [3.05, 3.63) is 22.8 Å². The van der Waals surface area contributed by atoms with Gasteiger partial charge in [-0.3, -0.25) is 4.79 Å². The summed E-state index contributed by atoms with van der Waals surface area (Å²) in [7, 11) is 2.75. The molecule has 0 saturated carbocycles. The van der Waals surface area contributed by atoms with Crippen molar-refractivity contribution in [2.45, 2.75) is 19.8 Å². The minimum atomic E-state index is -0.673. The zero-order chi connectivity index (χ0) is 15.6. The fourth-order valence-electron chi connectivity index (χ4n) is 2.12. The molecule has 1 unspecified atom stereocenters. The second kappa shape index (κ2) is 6.30. The molecule has 0 aliphatic rings. The first-order valence-electron chi connectivity index (χ1n) is 6.53. The van der Waals surface area contributed by atoms with Gasteiger partial charge in [0.25, 0.3) is 0 Å². The molecule has 1 aromatic heterocycles. The normalized spacial score (nSPS) is 12.4. The molecule has 1 atom stereocenters. The smallest absolute Gasteiger partial charge is 0.308 e. The number of esters is 1. The molecule has 2 rings (SSSR count). The Labute approximate surface area is 126 Å². The Morgan fingerprint density at radius 1 is 1.43 bits per heavy atom. The van der Waals surface area contributed by atoms with E-state index in [-0.39, 0.29) is 17.6 Å². The molecule has 1 aromatic carbocycles. The van der Waals surface area contributed by atoms with Crippen molar-refractivity contribution >= 4 is 27.4 Å². The van der Waals surface area contributed by atoms with Crippen LogP contribution in [0.25, 0.3) is 10.1 Å². The Morgan fingerprint density at radius 3 is 2.76 bits per heavy atom. The van der Waals surface area contributed by atoms with E-state index in [1.165, 1.54) is 25.6 Å². The van der Waals surface area contributed by atoms with Gasteiger partial charge in [0, 0.05) is 21.0 Å². The Hall–Kier alpha value is -1.82. The lowest BCUT2D eigenvalue weighted by atomic mass is 10.1. The summed E-state index contributed by atoms with van der Waals surface area (Å²) in [6, 6.07) is 3.32. The number of phenols is 1. The zero-order valence-electron chi connectivity index (χ0n) is 12.1. The zero-order valence-corrected chi connectivity index (χ0v) is 12.9. The van der Waals surface area contributed by atoms with E-state index in [1.54, 1.807) is 19.1 Å². The van der Waals surface area contributed by atoms with Crippen molar-refractivity contribution in [1.29, 1.82) is 0 Å². The van der Waals surface area contributed by atoms with Gasteiger partial charge in [-0.1, -0.05) is 6.92 Å². The Bertz CT molecular complexity index is 665. The van der Waals surface area contributed by atoms with Gasteiger partial charge in [0.15, 0.2) is 17.3 Å². The molecule has 6 heteroatoms. The third kappa shape index (κ3) is 3.10. The van der Waals surface area contributed by atoms with Gasteiger partial charge in [0.2, 0.25) is 0 Å². The monoisotopic (exact) mass is 312 g/mol. The Balaban J connectivity index is 2.23. The number of fused-ring (bicyclic) bond motifs is 1. The number of phenolic OH excluding ortho intramolecular Hbond substituents is 1. The van der Waals surface area contributed by atoms with E-state index in [4.69, 9.17) is 4.74 Å². The van der Waals surface area contributed by atoms with Crippen LogP contribution in [0.2, 0.25) is 0 Å². The molecule has 1 heterocycles. The van der Waals surface area contributed by atoms with Crippen molar-refractivity contribution in [1.82, 2.24) is 0 Å². The standard InChI is InChI=1S/C15H17FO4S/c1-8(15(18)20-3)4-5-9-6-10-12(21-9)7-11(19-2)14(17)13(10)16/h6-8,17H,4-5H2,1-3H3. The maximum atomic E-state index is 14.0. The van der Waals surface area contributed by atoms with E-state index in [2.05, 4.69) is 4.74 Å². The Morgan fingerprint density at radius 2 is 2.14 bits per heavy atom. The van der Waals surface area contributed by atoms with Gasteiger partial charge in [0.05, 0.1) is 20.1 Å². The summed E-state index contributed by atoms with van der Waals surface area (Å²) in [5.74, 6) is -1.48. The van der Waals surface area contributed by atoms with Crippen molar-refractivity contribution in [2.24, 2.45) is 5.92 Å². The van der Waals surface area contributed by atoms with Crippen LogP contribution in [0.3, 0.4) is 0 Å². The van der Waals surface area contributed by atoms with E-state index in [0.717, 1.165) is 4.88 Å². The lowest BCUT2D eigenvalue weighted by molar-refractivity contribution is -0.145. The first-order valence-corrected chi connectivity index (χ1v) is 7.35. The van der Waals surface area contributed by atoms with Crippen LogP contribution in [-0.2, 0) is 16.0 Å². The fourth-order valence-corrected chi connectivity index (χ4v) is 3.22. The summed E-state index contributed by atoms with van der Waals surface area (Å²) in [5, 5.41) is 10.0. The highest BCUT2D eigenvalue weighted by atomic mass is 32.1. The summed E-state index contributed by atoms with van der Waals surface area (Å²) in [5.41, 5.74) is 0. The average Bonchev–Trinajstić information content (AvgIpc) is 2.90. The largest absolute Gasteiger partial charge is 0.502 e. The van der Waals surface area contributed by atoms with E-state index < -0.39 is 11.6 Å². The van der Waals surface area contributed by atoms with E-state index >= 15 is 0 Å². The number of hydrogen-bond donors (Lipinski definition) is 1. The molecule has 0 radical (unpaired) electrons. The lowest BCUT2D eigenvalue weighted by Crippen LogP contribution is -2.13. The van der Waals surface area contributed by atoms with E-state index in [1.807, 2.05) is 0 Å². The molecule has 0 spiro atoms. The molecular weight excluding hydrogens is 295 g/mol. The van der Waals surface area contributed by atoms with Crippen LogP contribution >= 0.6 is 11.3 Å². The maximum absolute atomic E-state index is 14.0. The predicted octanol–water partition coefficient (Wildman–Crippen LogP) is 3.50. The molecule has 1 N–H and O–H groups in total. The lowest BCUT2D eigenvalue weighted by Gasteiger charge is -2.07. The molecular formula is C15H17FO4S. The molecule has 0 bridgehead atoms. The van der Waals surface area contributed by atoms with Gasteiger partial charge in [-0.25, -0.2) is 4.39 Å². The van der Waals surface area contributed by atoms with Crippen molar-refractivity contribution in [2.75, 3.05) is 14.2 Å². The summed E-state index contributed by atoms with van der Waals surface area (Å²) in [6.07, 6.45) is 1.28. The topological polar surface area (TPSA) is 55.8 Å². The number of aryl methyl sites for hydroxylation is 1. The van der Waals surface area contributed by atoms with Crippen LogP contribution in [0.5, 0.6) is 11.5 Å². The number of benzene rings is 1. The molecule has 0 aliphatic heterocycles. The van der Waals surface area contributed by atoms with Gasteiger partial charge in [0.1, 0.15) is 0 Å². The second-order valence-electron chi connectivity index (χ2n) is 4.83.